The number of piperidine rings is 1. The van der Waals surface area contributed by atoms with Crippen molar-refractivity contribution in [2.75, 3.05) is 49.6 Å². The number of halogens is 1. The Bertz CT molecular complexity index is 967. The predicted molar refractivity (Wildman–Crippen MR) is 125 cm³/mol. The molecule has 0 radical (unpaired) electrons. The summed E-state index contributed by atoms with van der Waals surface area (Å²) in [6, 6.07) is 4.91. The van der Waals surface area contributed by atoms with Gasteiger partial charge in [-0.15, -0.1) is 0 Å². The van der Waals surface area contributed by atoms with Gasteiger partial charge in [0.05, 0.1) is 17.4 Å². The number of likely N-dealkylation sites (tertiary alicyclic amines) is 1. The third-order valence-corrected chi connectivity index (χ3v) is 6.55. The molecule has 4 rings (SSSR count). The van der Waals surface area contributed by atoms with Crippen molar-refractivity contribution in [3.8, 4) is 0 Å². The lowest BCUT2D eigenvalue weighted by molar-refractivity contribution is 0.0717. The van der Waals surface area contributed by atoms with Crippen molar-refractivity contribution in [1.82, 2.24) is 19.8 Å². The Balaban J connectivity index is 1.73. The van der Waals surface area contributed by atoms with Crippen molar-refractivity contribution in [3.63, 3.8) is 0 Å². The molecule has 0 saturated carbocycles. The molecule has 172 valence electrons. The first-order valence-corrected chi connectivity index (χ1v) is 11.5. The summed E-state index contributed by atoms with van der Waals surface area (Å²) < 4.78 is 14.3. The summed E-state index contributed by atoms with van der Waals surface area (Å²) in [5, 5.41) is 0. The highest BCUT2D eigenvalue weighted by atomic mass is 19.1. The fourth-order valence-corrected chi connectivity index (χ4v) is 4.97. The number of likely N-dealkylation sites (N-methyl/N-ethyl adjacent to an activating group) is 1. The minimum atomic E-state index is -0.412. The van der Waals surface area contributed by atoms with Crippen LogP contribution in [0.5, 0.6) is 0 Å². The predicted octanol–water partition coefficient (Wildman–Crippen LogP) is 3.54. The fraction of sp³-hybridized carbons (Fsp3) is 0.542. The van der Waals surface area contributed by atoms with E-state index in [9.17, 15) is 9.18 Å². The van der Waals surface area contributed by atoms with E-state index in [-0.39, 0.29) is 11.9 Å². The van der Waals surface area contributed by atoms with E-state index in [1.807, 2.05) is 20.8 Å². The SMILES string of the molecule is CCN(C(=O)c1cc(F)ccc1N1CCN(C2CCCN(C)C2)c2ncncc21)C(C)C. The second-order valence-electron chi connectivity index (χ2n) is 8.98. The van der Waals surface area contributed by atoms with Gasteiger partial charge in [-0.05, 0) is 65.4 Å². The number of anilines is 3. The molecule has 2 aromatic rings. The van der Waals surface area contributed by atoms with Crippen molar-refractivity contribution in [2.45, 2.75) is 45.7 Å². The summed E-state index contributed by atoms with van der Waals surface area (Å²) in [7, 11) is 2.16. The van der Waals surface area contributed by atoms with E-state index in [2.05, 4.69) is 31.7 Å². The van der Waals surface area contributed by atoms with E-state index in [4.69, 9.17) is 0 Å². The van der Waals surface area contributed by atoms with Crippen molar-refractivity contribution in [3.05, 3.63) is 42.1 Å². The minimum Gasteiger partial charge on any atom is -0.349 e. The van der Waals surface area contributed by atoms with Crippen LogP contribution in [0.2, 0.25) is 0 Å². The molecule has 3 heterocycles. The molecule has 1 atom stereocenters. The van der Waals surface area contributed by atoms with Crippen LogP contribution in [0.3, 0.4) is 0 Å². The number of benzene rings is 1. The lowest BCUT2D eigenvalue weighted by Crippen LogP contribution is -2.51. The van der Waals surface area contributed by atoms with Crippen molar-refractivity contribution < 1.29 is 9.18 Å². The highest BCUT2D eigenvalue weighted by Gasteiger charge is 2.33. The largest absolute Gasteiger partial charge is 0.349 e. The number of aromatic nitrogens is 2. The topological polar surface area (TPSA) is 55.8 Å². The zero-order valence-electron chi connectivity index (χ0n) is 19.5. The molecule has 1 unspecified atom stereocenters. The smallest absolute Gasteiger partial charge is 0.256 e. The summed E-state index contributed by atoms with van der Waals surface area (Å²) in [6.07, 6.45) is 5.68. The maximum absolute atomic E-state index is 14.3. The van der Waals surface area contributed by atoms with Crippen LogP contribution in [0.25, 0.3) is 0 Å². The lowest BCUT2D eigenvalue weighted by Gasteiger charge is -2.44. The molecule has 2 aliphatic rings. The van der Waals surface area contributed by atoms with Gasteiger partial charge in [0.25, 0.3) is 5.91 Å². The Kier molecular flexibility index (Phi) is 6.60. The minimum absolute atomic E-state index is 0.0272. The van der Waals surface area contributed by atoms with E-state index < -0.39 is 5.82 Å². The fourth-order valence-electron chi connectivity index (χ4n) is 4.97. The zero-order valence-corrected chi connectivity index (χ0v) is 19.5. The summed E-state index contributed by atoms with van der Waals surface area (Å²) >= 11 is 0. The molecule has 1 amide bonds. The van der Waals surface area contributed by atoms with Gasteiger partial charge >= 0.3 is 0 Å². The summed E-state index contributed by atoms with van der Waals surface area (Å²) in [4.78, 5) is 30.9. The first-order valence-electron chi connectivity index (χ1n) is 11.5. The number of hydrogen-bond donors (Lipinski definition) is 0. The van der Waals surface area contributed by atoms with Crippen LogP contribution in [-0.4, -0.2) is 77.5 Å². The molecule has 0 aliphatic carbocycles. The van der Waals surface area contributed by atoms with Crippen LogP contribution in [0.4, 0.5) is 21.6 Å². The van der Waals surface area contributed by atoms with E-state index in [0.29, 0.717) is 30.4 Å². The Labute approximate surface area is 189 Å². The monoisotopic (exact) mass is 440 g/mol. The van der Waals surface area contributed by atoms with Crippen LogP contribution in [0.1, 0.15) is 44.0 Å². The molecule has 0 bridgehead atoms. The number of fused-ring (bicyclic) bond motifs is 1. The van der Waals surface area contributed by atoms with Crippen molar-refractivity contribution in [1.29, 1.82) is 0 Å². The Hall–Kier alpha value is -2.74. The number of carbonyl (C=O) groups is 1. The molecular weight excluding hydrogens is 407 g/mol. The van der Waals surface area contributed by atoms with Crippen LogP contribution in [-0.2, 0) is 0 Å². The van der Waals surface area contributed by atoms with Gasteiger partial charge in [-0.3, -0.25) is 4.79 Å². The quantitative estimate of drug-likeness (QED) is 0.709. The molecule has 7 nitrogen and oxygen atoms in total. The first-order chi connectivity index (χ1) is 15.4. The van der Waals surface area contributed by atoms with Gasteiger partial charge < -0.3 is 19.6 Å². The third-order valence-electron chi connectivity index (χ3n) is 6.55. The highest BCUT2D eigenvalue weighted by Crippen LogP contribution is 2.39. The van der Waals surface area contributed by atoms with Crippen LogP contribution in [0.15, 0.2) is 30.7 Å². The van der Waals surface area contributed by atoms with Gasteiger partial charge in [-0.2, -0.15) is 0 Å². The zero-order chi connectivity index (χ0) is 22.8. The molecule has 32 heavy (non-hydrogen) atoms. The normalized spacial score (nSPS) is 19.2. The van der Waals surface area contributed by atoms with Crippen molar-refractivity contribution >= 4 is 23.1 Å². The lowest BCUT2D eigenvalue weighted by atomic mass is 10.0. The van der Waals surface area contributed by atoms with E-state index >= 15 is 0 Å². The summed E-state index contributed by atoms with van der Waals surface area (Å²) in [6.45, 7) is 10.1. The standard InChI is InChI=1S/C24H33FN6O/c1-5-29(17(2)3)24(32)20-13-18(25)8-9-21(20)31-12-11-30(19-7-6-10-28(4)15-19)23-22(31)14-26-16-27-23/h8-9,13-14,16-17,19H,5-7,10-12,15H2,1-4H3. The van der Waals surface area contributed by atoms with Gasteiger partial charge in [-0.1, -0.05) is 0 Å². The van der Waals surface area contributed by atoms with Crippen LogP contribution < -0.4 is 9.80 Å². The molecular formula is C24H33FN6O. The number of rotatable bonds is 5. The van der Waals surface area contributed by atoms with E-state index in [1.54, 1.807) is 23.5 Å². The van der Waals surface area contributed by atoms with Crippen LogP contribution >= 0.6 is 0 Å². The number of hydrogen-bond acceptors (Lipinski definition) is 6. The Morgan fingerprint density at radius 3 is 2.78 bits per heavy atom. The second-order valence-corrected chi connectivity index (χ2v) is 8.98. The maximum atomic E-state index is 14.3. The Morgan fingerprint density at radius 2 is 2.06 bits per heavy atom. The Morgan fingerprint density at radius 1 is 1.25 bits per heavy atom. The summed E-state index contributed by atoms with van der Waals surface area (Å²) in [5.74, 6) is 0.308. The average Bonchev–Trinajstić information content (AvgIpc) is 2.78. The molecule has 8 heteroatoms. The highest BCUT2D eigenvalue weighted by molar-refractivity contribution is 6.01. The third kappa shape index (κ3) is 4.28. The average molecular weight is 441 g/mol. The summed E-state index contributed by atoms with van der Waals surface area (Å²) in [5.41, 5.74) is 1.94. The molecule has 2 aliphatic heterocycles. The second kappa shape index (κ2) is 9.40. The van der Waals surface area contributed by atoms with E-state index in [1.165, 1.54) is 18.6 Å². The maximum Gasteiger partial charge on any atom is 0.256 e. The first kappa shape index (κ1) is 22.5. The molecule has 1 saturated heterocycles. The molecule has 1 fully saturated rings. The van der Waals surface area contributed by atoms with Gasteiger partial charge in [0.1, 0.15) is 17.8 Å². The van der Waals surface area contributed by atoms with Crippen LogP contribution in [0, 0.1) is 5.82 Å². The molecule has 0 N–H and O–H groups in total. The van der Waals surface area contributed by atoms with Gasteiger partial charge in [0.2, 0.25) is 0 Å². The molecule has 1 aromatic carbocycles. The number of carbonyl (C=O) groups excluding carboxylic acids is 1. The van der Waals surface area contributed by atoms with Crippen molar-refractivity contribution in [2.24, 2.45) is 0 Å². The molecule has 0 spiro atoms. The van der Waals surface area contributed by atoms with Gasteiger partial charge in [0.15, 0.2) is 5.82 Å². The number of amides is 1. The number of nitrogens with zero attached hydrogens (tertiary/aromatic N) is 6. The van der Waals surface area contributed by atoms with Gasteiger partial charge in [0, 0.05) is 38.3 Å². The van der Waals surface area contributed by atoms with E-state index in [0.717, 1.165) is 37.6 Å². The van der Waals surface area contributed by atoms with Gasteiger partial charge in [-0.25, -0.2) is 14.4 Å². The molecule has 1 aromatic heterocycles.